The van der Waals surface area contributed by atoms with E-state index < -0.39 is 0 Å². The number of aromatic nitrogens is 4. The molecule has 1 saturated heterocycles. The number of nitrogens with one attached hydrogen (secondary N) is 2. The summed E-state index contributed by atoms with van der Waals surface area (Å²) >= 11 is 0. The molecule has 3 heterocycles. The van der Waals surface area contributed by atoms with Gasteiger partial charge in [0.05, 0.1) is 18.6 Å². The van der Waals surface area contributed by atoms with Gasteiger partial charge in [0, 0.05) is 44.9 Å². The first-order valence-corrected chi connectivity index (χ1v) is 8.15. The largest absolute Gasteiger partial charge is 0.350 e. The van der Waals surface area contributed by atoms with E-state index in [4.69, 9.17) is 0 Å². The van der Waals surface area contributed by atoms with Crippen LogP contribution in [0.15, 0.2) is 24.9 Å². The molecule has 0 unspecified atom stereocenters. The van der Waals surface area contributed by atoms with Crippen LogP contribution in [0.5, 0.6) is 0 Å². The minimum Gasteiger partial charge on any atom is -0.350 e. The van der Waals surface area contributed by atoms with Gasteiger partial charge < -0.3 is 19.8 Å². The van der Waals surface area contributed by atoms with Crippen LogP contribution in [0.4, 0.5) is 0 Å². The van der Waals surface area contributed by atoms with Gasteiger partial charge >= 0.3 is 0 Å². The number of carbonyl (C=O) groups is 2. The van der Waals surface area contributed by atoms with Gasteiger partial charge in [0.25, 0.3) is 5.91 Å². The molecule has 1 aliphatic heterocycles. The molecule has 2 aromatic rings. The molecule has 0 spiro atoms. The Balaban J connectivity index is 1.78. The number of amides is 2. The summed E-state index contributed by atoms with van der Waals surface area (Å²) in [5.74, 6) is 0.925. The van der Waals surface area contributed by atoms with Gasteiger partial charge in [0.1, 0.15) is 11.5 Å². The third kappa shape index (κ3) is 3.04. The SMILES string of the molecule is CCN1C(=O)CC[C@H](CNC(=O)c2cnc[nH]2)[C@H]1c1nccn1C. The number of piperidine rings is 1. The summed E-state index contributed by atoms with van der Waals surface area (Å²) in [4.78, 5) is 37.4. The first-order chi connectivity index (χ1) is 11.6. The zero-order valence-electron chi connectivity index (χ0n) is 13.9. The average molecular weight is 330 g/mol. The minimum atomic E-state index is -0.189. The van der Waals surface area contributed by atoms with E-state index in [1.54, 1.807) is 6.20 Å². The van der Waals surface area contributed by atoms with Crippen molar-refractivity contribution in [2.75, 3.05) is 13.1 Å². The fourth-order valence-corrected chi connectivity index (χ4v) is 3.32. The highest BCUT2D eigenvalue weighted by Gasteiger charge is 2.38. The molecule has 0 radical (unpaired) electrons. The quantitative estimate of drug-likeness (QED) is 0.850. The smallest absolute Gasteiger partial charge is 0.269 e. The van der Waals surface area contributed by atoms with Crippen molar-refractivity contribution in [3.63, 3.8) is 0 Å². The minimum absolute atomic E-state index is 0.121. The van der Waals surface area contributed by atoms with Crippen molar-refractivity contribution in [1.29, 1.82) is 0 Å². The molecule has 2 atom stereocenters. The molecule has 8 heteroatoms. The van der Waals surface area contributed by atoms with E-state index >= 15 is 0 Å². The Labute approximate surface area is 140 Å². The first kappa shape index (κ1) is 16.2. The summed E-state index contributed by atoms with van der Waals surface area (Å²) < 4.78 is 1.94. The van der Waals surface area contributed by atoms with Gasteiger partial charge in [-0.1, -0.05) is 0 Å². The molecule has 0 aromatic carbocycles. The van der Waals surface area contributed by atoms with Gasteiger partial charge in [-0.3, -0.25) is 9.59 Å². The third-order valence-electron chi connectivity index (χ3n) is 4.56. The van der Waals surface area contributed by atoms with Crippen molar-refractivity contribution >= 4 is 11.8 Å². The van der Waals surface area contributed by atoms with Gasteiger partial charge in [-0.15, -0.1) is 0 Å². The molecule has 2 aromatic heterocycles. The van der Waals surface area contributed by atoms with E-state index in [2.05, 4.69) is 20.3 Å². The van der Waals surface area contributed by atoms with Crippen LogP contribution in [0, 0.1) is 5.92 Å². The van der Waals surface area contributed by atoms with Crippen molar-refractivity contribution in [1.82, 2.24) is 29.7 Å². The van der Waals surface area contributed by atoms with Gasteiger partial charge in [-0.05, 0) is 13.3 Å². The number of hydrogen-bond donors (Lipinski definition) is 2. The lowest BCUT2D eigenvalue weighted by molar-refractivity contribution is -0.139. The van der Waals surface area contributed by atoms with Crippen molar-refractivity contribution < 1.29 is 9.59 Å². The third-order valence-corrected chi connectivity index (χ3v) is 4.56. The van der Waals surface area contributed by atoms with Crippen LogP contribution in [-0.4, -0.2) is 49.3 Å². The predicted octanol–water partition coefficient (Wildman–Crippen LogP) is 0.873. The molecular formula is C16H22N6O2. The molecule has 8 nitrogen and oxygen atoms in total. The monoisotopic (exact) mass is 330 g/mol. The maximum absolute atomic E-state index is 12.3. The van der Waals surface area contributed by atoms with E-state index in [1.165, 1.54) is 12.5 Å². The second kappa shape index (κ2) is 6.86. The zero-order chi connectivity index (χ0) is 17.1. The molecule has 2 N–H and O–H groups in total. The number of imidazole rings is 2. The van der Waals surface area contributed by atoms with Crippen molar-refractivity contribution in [3.8, 4) is 0 Å². The number of hydrogen-bond acceptors (Lipinski definition) is 4. The molecule has 1 aliphatic rings. The van der Waals surface area contributed by atoms with E-state index in [1.807, 2.05) is 29.6 Å². The number of H-pyrrole nitrogens is 1. The van der Waals surface area contributed by atoms with Crippen LogP contribution in [0.3, 0.4) is 0 Å². The molecule has 128 valence electrons. The molecule has 2 amide bonds. The van der Waals surface area contributed by atoms with E-state index in [9.17, 15) is 9.59 Å². The summed E-state index contributed by atoms with van der Waals surface area (Å²) in [5.41, 5.74) is 0.433. The molecule has 0 bridgehead atoms. The Morgan fingerprint density at radius 2 is 2.33 bits per heavy atom. The Morgan fingerprint density at radius 3 is 2.96 bits per heavy atom. The van der Waals surface area contributed by atoms with Crippen LogP contribution in [0.2, 0.25) is 0 Å². The van der Waals surface area contributed by atoms with E-state index in [0.717, 1.165) is 12.2 Å². The highest BCUT2D eigenvalue weighted by atomic mass is 16.2. The van der Waals surface area contributed by atoms with Crippen molar-refractivity contribution in [2.45, 2.75) is 25.8 Å². The van der Waals surface area contributed by atoms with Crippen LogP contribution >= 0.6 is 0 Å². The summed E-state index contributed by atoms with van der Waals surface area (Å²) in [6.45, 7) is 3.08. The highest BCUT2D eigenvalue weighted by molar-refractivity contribution is 5.91. The normalized spacial score (nSPS) is 21.1. The van der Waals surface area contributed by atoms with Gasteiger partial charge in [-0.2, -0.15) is 0 Å². The van der Waals surface area contributed by atoms with Crippen molar-refractivity contribution in [2.24, 2.45) is 13.0 Å². The molecular weight excluding hydrogens is 308 g/mol. The Hall–Kier alpha value is -2.64. The zero-order valence-corrected chi connectivity index (χ0v) is 13.9. The van der Waals surface area contributed by atoms with Gasteiger partial charge in [-0.25, -0.2) is 9.97 Å². The van der Waals surface area contributed by atoms with E-state index in [-0.39, 0.29) is 23.8 Å². The second-order valence-electron chi connectivity index (χ2n) is 5.99. The highest BCUT2D eigenvalue weighted by Crippen LogP contribution is 2.35. The molecule has 24 heavy (non-hydrogen) atoms. The average Bonchev–Trinajstić information content (AvgIpc) is 3.24. The van der Waals surface area contributed by atoms with Gasteiger partial charge in [0.2, 0.25) is 5.91 Å². The van der Waals surface area contributed by atoms with Crippen molar-refractivity contribution in [3.05, 3.63) is 36.4 Å². The number of rotatable bonds is 5. The second-order valence-corrected chi connectivity index (χ2v) is 5.99. The first-order valence-electron chi connectivity index (χ1n) is 8.15. The Kier molecular flexibility index (Phi) is 4.64. The molecule has 1 fully saturated rings. The Bertz CT molecular complexity index is 708. The van der Waals surface area contributed by atoms with Crippen LogP contribution in [-0.2, 0) is 11.8 Å². The number of aryl methyl sites for hydroxylation is 1. The standard InChI is InChI=1S/C16H22N6O2/c1-3-22-13(23)5-4-11(14(22)15-18-6-7-21(15)2)8-19-16(24)12-9-17-10-20-12/h6-7,9-11,14H,3-5,8H2,1-2H3,(H,17,20)(H,19,24)/t11-,14+/m1/s1. The topological polar surface area (TPSA) is 95.9 Å². The van der Waals surface area contributed by atoms with Crippen LogP contribution in [0.25, 0.3) is 0 Å². The molecule has 3 rings (SSSR count). The maximum atomic E-state index is 12.3. The fraction of sp³-hybridized carbons (Fsp3) is 0.500. The van der Waals surface area contributed by atoms with Crippen LogP contribution < -0.4 is 5.32 Å². The number of aromatic amines is 1. The number of carbonyl (C=O) groups excluding carboxylic acids is 2. The number of nitrogens with zero attached hydrogens (tertiary/aromatic N) is 4. The summed E-state index contributed by atoms with van der Waals surface area (Å²) in [5, 5.41) is 2.94. The lowest BCUT2D eigenvalue weighted by Crippen LogP contribution is -2.47. The van der Waals surface area contributed by atoms with E-state index in [0.29, 0.717) is 25.2 Å². The van der Waals surface area contributed by atoms with Gasteiger partial charge in [0.15, 0.2) is 0 Å². The summed E-state index contributed by atoms with van der Waals surface area (Å²) in [6, 6.07) is -0.127. The summed E-state index contributed by atoms with van der Waals surface area (Å²) in [7, 11) is 1.93. The molecule has 0 saturated carbocycles. The molecule has 0 aliphatic carbocycles. The lowest BCUT2D eigenvalue weighted by Gasteiger charge is -2.40. The lowest BCUT2D eigenvalue weighted by atomic mass is 9.87. The maximum Gasteiger partial charge on any atom is 0.269 e. The predicted molar refractivity (Wildman–Crippen MR) is 87.0 cm³/mol. The number of likely N-dealkylation sites (tertiary alicyclic amines) is 1. The fourth-order valence-electron chi connectivity index (χ4n) is 3.32. The summed E-state index contributed by atoms with van der Waals surface area (Å²) in [6.07, 6.45) is 7.82. The van der Waals surface area contributed by atoms with Crippen LogP contribution in [0.1, 0.15) is 42.1 Å². The Morgan fingerprint density at radius 1 is 1.50 bits per heavy atom.